The SMILES string of the molecule is CCc1ncc[n+](C)c1-c1ccc(F)cc1C. The van der Waals surface area contributed by atoms with Gasteiger partial charge in [-0.15, -0.1) is 0 Å². The van der Waals surface area contributed by atoms with Crippen molar-refractivity contribution >= 4 is 0 Å². The van der Waals surface area contributed by atoms with Crippen molar-refractivity contribution in [1.82, 2.24) is 4.98 Å². The third-order valence-corrected chi connectivity index (χ3v) is 2.93. The molecule has 0 aliphatic heterocycles. The zero-order valence-electron chi connectivity index (χ0n) is 10.4. The van der Waals surface area contributed by atoms with Crippen molar-refractivity contribution < 1.29 is 8.96 Å². The molecule has 0 amide bonds. The van der Waals surface area contributed by atoms with Gasteiger partial charge in [-0.3, -0.25) is 0 Å². The first-order valence-corrected chi connectivity index (χ1v) is 5.73. The van der Waals surface area contributed by atoms with Crippen LogP contribution in [-0.4, -0.2) is 4.98 Å². The number of nitrogens with zero attached hydrogens (tertiary/aromatic N) is 2. The molecule has 0 fully saturated rings. The molecule has 0 N–H and O–H groups in total. The highest BCUT2D eigenvalue weighted by Gasteiger charge is 2.17. The first-order valence-electron chi connectivity index (χ1n) is 5.73. The van der Waals surface area contributed by atoms with Crippen LogP contribution in [0.2, 0.25) is 0 Å². The number of rotatable bonds is 2. The lowest BCUT2D eigenvalue weighted by Gasteiger charge is -2.07. The van der Waals surface area contributed by atoms with E-state index >= 15 is 0 Å². The third-order valence-electron chi connectivity index (χ3n) is 2.93. The van der Waals surface area contributed by atoms with Gasteiger partial charge in [0.15, 0.2) is 6.20 Å². The van der Waals surface area contributed by atoms with Gasteiger partial charge in [-0.05, 0) is 37.1 Å². The van der Waals surface area contributed by atoms with E-state index in [1.807, 2.05) is 30.8 Å². The van der Waals surface area contributed by atoms with Crippen LogP contribution in [0.5, 0.6) is 0 Å². The quantitative estimate of drug-likeness (QED) is 0.726. The van der Waals surface area contributed by atoms with E-state index < -0.39 is 0 Å². The summed E-state index contributed by atoms with van der Waals surface area (Å²) in [6.07, 6.45) is 4.57. The molecular weight excluding hydrogens is 215 g/mol. The predicted octanol–water partition coefficient (Wildman–Crippen LogP) is 2.58. The number of aromatic nitrogens is 2. The Labute approximate surface area is 101 Å². The highest BCUT2D eigenvalue weighted by atomic mass is 19.1. The Hall–Kier alpha value is -1.77. The summed E-state index contributed by atoms with van der Waals surface area (Å²) >= 11 is 0. The van der Waals surface area contributed by atoms with Gasteiger partial charge in [0.25, 0.3) is 0 Å². The standard InChI is InChI=1S/C14H16FN2/c1-4-13-14(17(3)8-7-16-13)12-6-5-11(15)9-10(12)2/h5-9H,4H2,1-3H3/q+1. The van der Waals surface area contributed by atoms with Crippen LogP contribution in [0.25, 0.3) is 11.3 Å². The van der Waals surface area contributed by atoms with E-state index in [9.17, 15) is 4.39 Å². The Morgan fingerprint density at radius 1 is 1.35 bits per heavy atom. The monoisotopic (exact) mass is 231 g/mol. The van der Waals surface area contributed by atoms with Crippen molar-refractivity contribution in [3.8, 4) is 11.3 Å². The van der Waals surface area contributed by atoms with Crippen LogP contribution in [-0.2, 0) is 13.5 Å². The number of benzene rings is 1. The average Bonchev–Trinajstić information content (AvgIpc) is 2.30. The summed E-state index contributed by atoms with van der Waals surface area (Å²) in [7, 11) is 1.99. The van der Waals surface area contributed by atoms with E-state index in [1.165, 1.54) is 6.07 Å². The highest BCUT2D eigenvalue weighted by Crippen LogP contribution is 2.23. The van der Waals surface area contributed by atoms with Crippen molar-refractivity contribution in [2.75, 3.05) is 0 Å². The molecule has 2 rings (SSSR count). The number of hydrogen-bond acceptors (Lipinski definition) is 1. The Kier molecular flexibility index (Phi) is 3.18. The summed E-state index contributed by atoms with van der Waals surface area (Å²) < 4.78 is 15.2. The van der Waals surface area contributed by atoms with Crippen LogP contribution >= 0.6 is 0 Å². The van der Waals surface area contributed by atoms with Crippen LogP contribution in [0, 0.1) is 12.7 Å². The van der Waals surface area contributed by atoms with Gasteiger partial charge in [0.2, 0.25) is 5.69 Å². The Morgan fingerprint density at radius 3 is 2.76 bits per heavy atom. The first kappa shape index (κ1) is 11.7. The molecule has 0 unspecified atom stereocenters. The number of aryl methyl sites for hydroxylation is 3. The van der Waals surface area contributed by atoms with Crippen LogP contribution in [0.15, 0.2) is 30.6 Å². The Balaban J connectivity index is 2.67. The normalized spacial score (nSPS) is 10.6. The van der Waals surface area contributed by atoms with Crippen LogP contribution < -0.4 is 4.57 Å². The molecule has 0 bridgehead atoms. The third kappa shape index (κ3) is 2.18. The van der Waals surface area contributed by atoms with Crippen molar-refractivity contribution in [3.63, 3.8) is 0 Å². The second kappa shape index (κ2) is 4.62. The van der Waals surface area contributed by atoms with Gasteiger partial charge in [0.1, 0.15) is 18.6 Å². The first-order chi connectivity index (χ1) is 8.13. The summed E-state index contributed by atoms with van der Waals surface area (Å²) in [5.41, 5.74) is 4.07. The highest BCUT2D eigenvalue weighted by molar-refractivity contribution is 5.62. The topological polar surface area (TPSA) is 16.8 Å². The van der Waals surface area contributed by atoms with Gasteiger partial charge in [0, 0.05) is 0 Å². The molecule has 0 aliphatic carbocycles. The lowest BCUT2D eigenvalue weighted by molar-refractivity contribution is -0.661. The fourth-order valence-electron chi connectivity index (χ4n) is 2.06. The minimum absolute atomic E-state index is 0.198. The molecular formula is C14H16FN2+. The van der Waals surface area contributed by atoms with E-state index in [-0.39, 0.29) is 5.82 Å². The molecule has 1 heterocycles. The molecule has 0 saturated heterocycles. The minimum Gasteiger partial charge on any atom is -0.248 e. The van der Waals surface area contributed by atoms with E-state index in [4.69, 9.17) is 0 Å². The molecule has 17 heavy (non-hydrogen) atoms. The molecule has 0 radical (unpaired) electrons. The molecule has 0 atom stereocenters. The summed E-state index contributed by atoms with van der Waals surface area (Å²) in [4.78, 5) is 4.38. The Morgan fingerprint density at radius 2 is 2.12 bits per heavy atom. The molecule has 2 nitrogen and oxygen atoms in total. The van der Waals surface area contributed by atoms with Gasteiger partial charge in [-0.2, -0.15) is 4.57 Å². The lowest BCUT2D eigenvalue weighted by Crippen LogP contribution is -2.32. The summed E-state index contributed by atoms with van der Waals surface area (Å²) in [5, 5.41) is 0. The van der Waals surface area contributed by atoms with Gasteiger partial charge in [-0.25, -0.2) is 9.37 Å². The number of hydrogen-bond donors (Lipinski definition) is 0. The van der Waals surface area contributed by atoms with Gasteiger partial charge >= 0.3 is 0 Å². The van der Waals surface area contributed by atoms with E-state index in [0.29, 0.717) is 0 Å². The molecule has 3 heteroatoms. The fraction of sp³-hybridized carbons (Fsp3) is 0.286. The van der Waals surface area contributed by atoms with Crippen LogP contribution in [0.3, 0.4) is 0 Å². The second-order valence-corrected chi connectivity index (χ2v) is 4.15. The molecule has 1 aromatic carbocycles. The van der Waals surface area contributed by atoms with E-state index in [0.717, 1.165) is 28.9 Å². The molecule has 0 spiro atoms. The zero-order valence-corrected chi connectivity index (χ0v) is 10.4. The second-order valence-electron chi connectivity index (χ2n) is 4.15. The largest absolute Gasteiger partial charge is 0.248 e. The van der Waals surface area contributed by atoms with Crippen molar-refractivity contribution in [2.45, 2.75) is 20.3 Å². The molecule has 88 valence electrons. The van der Waals surface area contributed by atoms with Crippen molar-refractivity contribution in [2.24, 2.45) is 7.05 Å². The van der Waals surface area contributed by atoms with Gasteiger partial charge in [-0.1, -0.05) is 6.92 Å². The maximum absolute atomic E-state index is 13.1. The van der Waals surface area contributed by atoms with Crippen LogP contribution in [0.4, 0.5) is 4.39 Å². The smallest absolute Gasteiger partial charge is 0.234 e. The maximum atomic E-state index is 13.1. The van der Waals surface area contributed by atoms with E-state index in [1.54, 1.807) is 12.3 Å². The van der Waals surface area contributed by atoms with Crippen LogP contribution in [0.1, 0.15) is 18.2 Å². The molecule has 0 saturated carbocycles. The lowest BCUT2D eigenvalue weighted by atomic mass is 10.0. The van der Waals surface area contributed by atoms with E-state index in [2.05, 4.69) is 11.9 Å². The predicted molar refractivity (Wildman–Crippen MR) is 64.9 cm³/mol. The molecule has 2 aromatic rings. The molecule has 0 aliphatic rings. The minimum atomic E-state index is -0.198. The Bertz CT molecular complexity index is 550. The van der Waals surface area contributed by atoms with Crippen molar-refractivity contribution in [1.29, 1.82) is 0 Å². The fourth-order valence-corrected chi connectivity index (χ4v) is 2.06. The van der Waals surface area contributed by atoms with Gasteiger partial charge < -0.3 is 0 Å². The van der Waals surface area contributed by atoms with Crippen molar-refractivity contribution in [3.05, 3.63) is 47.7 Å². The maximum Gasteiger partial charge on any atom is 0.234 e. The summed E-state index contributed by atoms with van der Waals surface area (Å²) in [5.74, 6) is -0.198. The average molecular weight is 231 g/mol. The number of halogens is 1. The summed E-state index contributed by atoms with van der Waals surface area (Å²) in [6.45, 7) is 4.00. The molecule has 1 aromatic heterocycles. The summed E-state index contributed by atoms with van der Waals surface area (Å²) in [6, 6.07) is 4.87. The zero-order chi connectivity index (χ0) is 12.4. The van der Waals surface area contributed by atoms with Gasteiger partial charge in [0.05, 0.1) is 11.8 Å².